The number of nitrogens with zero attached hydrogens (tertiary/aromatic N) is 2. The van der Waals surface area contributed by atoms with Gasteiger partial charge in [-0.25, -0.2) is 13.1 Å². The normalized spacial score (nSPS) is 13.8. The number of aryl methyl sites for hydroxylation is 3. The molecule has 1 heterocycles. The minimum absolute atomic E-state index is 0.182. The molecule has 0 spiro atoms. The van der Waals surface area contributed by atoms with Gasteiger partial charge in [0.2, 0.25) is 0 Å². The van der Waals surface area contributed by atoms with Crippen molar-refractivity contribution in [3.63, 3.8) is 0 Å². The van der Waals surface area contributed by atoms with E-state index in [1.54, 1.807) is 49.5 Å². The third kappa shape index (κ3) is 3.71. The van der Waals surface area contributed by atoms with Crippen LogP contribution < -0.4 is 10.3 Å². The lowest BCUT2D eigenvalue weighted by Gasteiger charge is -2.17. The zero-order valence-electron chi connectivity index (χ0n) is 15.6. The van der Waals surface area contributed by atoms with E-state index in [2.05, 4.69) is 9.82 Å². The van der Waals surface area contributed by atoms with Crippen LogP contribution >= 0.6 is 0 Å². The molecule has 1 aliphatic carbocycles. The molecule has 7 heteroatoms. The number of sulfonamides is 1. The van der Waals surface area contributed by atoms with Crippen molar-refractivity contribution in [2.24, 2.45) is 7.05 Å². The van der Waals surface area contributed by atoms with E-state index in [-0.39, 0.29) is 10.5 Å². The zero-order valence-corrected chi connectivity index (χ0v) is 16.4. The SMILES string of the molecule is Cn1nc(-c2ccc(NS(=O)(=O)c3ccc4c(c3)CCCC4)cc2)ccc1=O. The second-order valence-corrected chi connectivity index (χ2v) is 8.68. The van der Waals surface area contributed by atoms with E-state index >= 15 is 0 Å². The molecule has 0 saturated carbocycles. The van der Waals surface area contributed by atoms with Gasteiger partial charge in [0.25, 0.3) is 15.6 Å². The van der Waals surface area contributed by atoms with Crippen molar-refractivity contribution >= 4 is 15.7 Å². The summed E-state index contributed by atoms with van der Waals surface area (Å²) >= 11 is 0. The lowest BCUT2D eigenvalue weighted by atomic mass is 9.92. The minimum Gasteiger partial charge on any atom is -0.280 e. The predicted molar refractivity (Wildman–Crippen MR) is 109 cm³/mol. The average molecular weight is 395 g/mol. The van der Waals surface area contributed by atoms with Gasteiger partial charge in [-0.15, -0.1) is 0 Å². The van der Waals surface area contributed by atoms with Crippen LogP contribution in [0.25, 0.3) is 11.3 Å². The smallest absolute Gasteiger partial charge is 0.266 e. The molecule has 0 aliphatic heterocycles. The fourth-order valence-electron chi connectivity index (χ4n) is 3.46. The van der Waals surface area contributed by atoms with Crippen LogP contribution in [0.3, 0.4) is 0 Å². The predicted octanol–water partition coefficient (Wildman–Crippen LogP) is 3.13. The molecule has 6 nitrogen and oxygen atoms in total. The Balaban J connectivity index is 1.56. The van der Waals surface area contributed by atoms with Gasteiger partial charge in [0.05, 0.1) is 10.6 Å². The first-order valence-corrected chi connectivity index (χ1v) is 10.7. The molecule has 0 fully saturated rings. The number of benzene rings is 2. The molecule has 0 amide bonds. The van der Waals surface area contributed by atoms with Crippen molar-refractivity contribution in [1.29, 1.82) is 0 Å². The first kappa shape index (κ1) is 18.4. The fourth-order valence-corrected chi connectivity index (χ4v) is 4.57. The highest BCUT2D eigenvalue weighted by molar-refractivity contribution is 7.92. The van der Waals surface area contributed by atoms with E-state index in [9.17, 15) is 13.2 Å². The van der Waals surface area contributed by atoms with Crippen molar-refractivity contribution < 1.29 is 8.42 Å². The molecule has 28 heavy (non-hydrogen) atoms. The minimum atomic E-state index is -3.65. The highest BCUT2D eigenvalue weighted by atomic mass is 32.2. The van der Waals surface area contributed by atoms with Gasteiger partial charge < -0.3 is 0 Å². The molecule has 0 saturated heterocycles. The molecule has 3 aromatic rings. The monoisotopic (exact) mass is 395 g/mol. The lowest BCUT2D eigenvalue weighted by molar-refractivity contribution is 0.600. The van der Waals surface area contributed by atoms with Crippen molar-refractivity contribution in [2.45, 2.75) is 30.6 Å². The van der Waals surface area contributed by atoms with Crippen LogP contribution in [0.1, 0.15) is 24.0 Å². The van der Waals surface area contributed by atoms with Gasteiger partial charge in [0.1, 0.15) is 0 Å². The van der Waals surface area contributed by atoms with Crippen LogP contribution in [0.5, 0.6) is 0 Å². The van der Waals surface area contributed by atoms with E-state index in [4.69, 9.17) is 0 Å². The Labute approximate surface area is 163 Å². The number of hydrogen-bond donors (Lipinski definition) is 1. The van der Waals surface area contributed by atoms with Gasteiger partial charge in [-0.05, 0) is 67.1 Å². The van der Waals surface area contributed by atoms with E-state index in [0.29, 0.717) is 11.4 Å². The highest BCUT2D eigenvalue weighted by Gasteiger charge is 2.18. The Kier molecular flexibility index (Phi) is 4.77. The van der Waals surface area contributed by atoms with E-state index in [0.717, 1.165) is 36.8 Å². The summed E-state index contributed by atoms with van der Waals surface area (Å²) in [4.78, 5) is 11.8. The van der Waals surface area contributed by atoms with Gasteiger partial charge in [0, 0.05) is 24.4 Å². The Morgan fingerprint density at radius 1 is 0.929 bits per heavy atom. The van der Waals surface area contributed by atoms with Crippen LogP contribution in [0.2, 0.25) is 0 Å². The molecule has 0 radical (unpaired) electrons. The summed E-state index contributed by atoms with van der Waals surface area (Å²) in [7, 11) is -2.06. The van der Waals surface area contributed by atoms with E-state index in [1.165, 1.54) is 16.3 Å². The summed E-state index contributed by atoms with van der Waals surface area (Å²) in [5.41, 5.74) is 4.12. The van der Waals surface area contributed by atoms with Gasteiger partial charge in [-0.2, -0.15) is 5.10 Å². The number of anilines is 1. The Hall–Kier alpha value is -2.93. The maximum atomic E-state index is 12.8. The summed E-state index contributed by atoms with van der Waals surface area (Å²) in [6.45, 7) is 0. The van der Waals surface area contributed by atoms with Gasteiger partial charge in [-0.1, -0.05) is 18.2 Å². The molecule has 1 N–H and O–H groups in total. The number of aromatic nitrogens is 2. The summed E-state index contributed by atoms with van der Waals surface area (Å²) in [5.74, 6) is 0. The number of rotatable bonds is 4. The summed E-state index contributed by atoms with van der Waals surface area (Å²) in [5, 5.41) is 4.20. The molecule has 144 valence electrons. The third-order valence-corrected chi connectivity index (χ3v) is 6.40. The Morgan fingerprint density at radius 3 is 2.36 bits per heavy atom. The van der Waals surface area contributed by atoms with Gasteiger partial charge >= 0.3 is 0 Å². The van der Waals surface area contributed by atoms with E-state index in [1.807, 2.05) is 6.07 Å². The van der Waals surface area contributed by atoms with Crippen molar-refractivity contribution in [1.82, 2.24) is 9.78 Å². The molecule has 4 rings (SSSR count). The lowest BCUT2D eigenvalue weighted by Crippen LogP contribution is -2.18. The average Bonchev–Trinajstić information content (AvgIpc) is 2.70. The maximum Gasteiger partial charge on any atom is 0.266 e. The number of fused-ring (bicyclic) bond motifs is 1. The molecule has 2 aromatic carbocycles. The second kappa shape index (κ2) is 7.24. The molecule has 0 unspecified atom stereocenters. The van der Waals surface area contributed by atoms with Crippen molar-refractivity contribution in [2.75, 3.05) is 4.72 Å². The largest absolute Gasteiger partial charge is 0.280 e. The third-order valence-electron chi connectivity index (χ3n) is 5.02. The molecule has 0 bridgehead atoms. The van der Waals surface area contributed by atoms with Gasteiger partial charge in [-0.3, -0.25) is 9.52 Å². The molecule has 1 aliphatic rings. The Morgan fingerprint density at radius 2 is 1.64 bits per heavy atom. The van der Waals surface area contributed by atoms with Crippen LogP contribution in [0.15, 0.2) is 64.3 Å². The molecule has 0 atom stereocenters. The first-order valence-electron chi connectivity index (χ1n) is 9.22. The van der Waals surface area contributed by atoms with Crippen LogP contribution in [0, 0.1) is 0 Å². The standard InChI is InChI=1S/C21H21N3O3S/c1-24-21(25)13-12-20(22-24)16-6-9-18(10-7-16)23-28(26,27)19-11-8-15-4-2-3-5-17(15)14-19/h6-14,23H,2-5H2,1H3. The molecule has 1 aromatic heterocycles. The summed E-state index contributed by atoms with van der Waals surface area (Å²) in [6, 6.07) is 15.4. The van der Waals surface area contributed by atoms with Crippen LogP contribution in [-0.4, -0.2) is 18.2 Å². The Bertz CT molecular complexity index is 1180. The van der Waals surface area contributed by atoms with Crippen molar-refractivity contribution in [3.05, 3.63) is 76.1 Å². The fraction of sp³-hybridized carbons (Fsp3) is 0.238. The molecular weight excluding hydrogens is 374 g/mol. The van der Waals surface area contributed by atoms with Crippen molar-refractivity contribution in [3.8, 4) is 11.3 Å². The quantitative estimate of drug-likeness (QED) is 0.736. The second-order valence-electron chi connectivity index (χ2n) is 7.00. The molecular formula is C21H21N3O3S. The van der Waals surface area contributed by atoms with Gasteiger partial charge in [0.15, 0.2) is 0 Å². The number of hydrogen-bond acceptors (Lipinski definition) is 4. The van der Waals surface area contributed by atoms with E-state index < -0.39 is 10.0 Å². The maximum absolute atomic E-state index is 12.8. The van der Waals surface area contributed by atoms with Crippen LogP contribution in [-0.2, 0) is 29.9 Å². The topological polar surface area (TPSA) is 81.1 Å². The highest BCUT2D eigenvalue weighted by Crippen LogP contribution is 2.26. The summed E-state index contributed by atoms with van der Waals surface area (Å²) < 4.78 is 29.4. The zero-order chi connectivity index (χ0) is 19.7. The first-order chi connectivity index (χ1) is 13.4. The van der Waals surface area contributed by atoms with Crippen LogP contribution in [0.4, 0.5) is 5.69 Å². The summed E-state index contributed by atoms with van der Waals surface area (Å²) in [6.07, 6.45) is 4.21. The number of nitrogens with one attached hydrogen (secondary N) is 1.